The summed E-state index contributed by atoms with van der Waals surface area (Å²) in [5, 5.41) is 4.59. The Balaban J connectivity index is 1.36. The van der Waals surface area contributed by atoms with Crippen molar-refractivity contribution in [3.8, 4) is 0 Å². The largest absolute Gasteiger partial charge is 0.598 e. The highest BCUT2D eigenvalue weighted by Gasteiger charge is 2.35. The molecule has 0 radical (unpaired) electrons. The van der Waals surface area contributed by atoms with Crippen molar-refractivity contribution in [2.75, 3.05) is 12.9 Å². The highest BCUT2D eigenvalue weighted by Crippen LogP contribution is 2.34. The normalized spacial score (nSPS) is 28.7. The van der Waals surface area contributed by atoms with E-state index in [0.717, 1.165) is 37.3 Å². The van der Waals surface area contributed by atoms with Gasteiger partial charge in [-0.15, -0.1) is 4.72 Å². The molecule has 2 heterocycles. The maximum Gasteiger partial charge on any atom is 0.147 e. The molecule has 4 rings (SSSR count). The van der Waals surface area contributed by atoms with E-state index in [9.17, 15) is 4.55 Å². The van der Waals surface area contributed by atoms with Gasteiger partial charge < -0.3 is 9.29 Å². The maximum atomic E-state index is 11.8. The molecular weight excluding hydrogens is 372 g/mol. The van der Waals surface area contributed by atoms with Crippen molar-refractivity contribution in [2.24, 2.45) is 0 Å². The van der Waals surface area contributed by atoms with E-state index in [-0.39, 0.29) is 12.1 Å². The molecule has 3 atom stereocenters. The van der Waals surface area contributed by atoms with Gasteiger partial charge in [-0.3, -0.25) is 0 Å². The molecular formula is C21H30N4O2S. The van der Waals surface area contributed by atoms with Crippen LogP contribution in [0.5, 0.6) is 0 Å². The second-order valence-corrected chi connectivity index (χ2v) is 9.17. The Hall–Kier alpha value is -1.41. The number of aryl methyl sites for hydroxylation is 2. The van der Waals surface area contributed by atoms with Gasteiger partial charge in [0.05, 0.1) is 24.8 Å². The van der Waals surface area contributed by atoms with Crippen LogP contribution in [0.25, 0.3) is 0 Å². The molecule has 0 saturated heterocycles. The molecule has 0 bridgehead atoms. The number of aromatic nitrogens is 3. The summed E-state index contributed by atoms with van der Waals surface area (Å²) in [4.78, 5) is 4.55. The summed E-state index contributed by atoms with van der Waals surface area (Å²) >= 11 is -1.06. The van der Waals surface area contributed by atoms with Crippen LogP contribution in [0.4, 0.5) is 0 Å². The van der Waals surface area contributed by atoms with Crippen molar-refractivity contribution in [2.45, 2.75) is 69.6 Å². The van der Waals surface area contributed by atoms with E-state index in [1.54, 1.807) is 6.26 Å². The molecule has 1 aliphatic carbocycles. The van der Waals surface area contributed by atoms with Crippen molar-refractivity contribution in [1.29, 1.82) is 0 Å². The fourth-order valence-corrected chi connectivity index (χ4v) is 5.32. The SMILES string of the molecule is Cc1nc2n(n1)C(CO[C@H]1CC[C@@H](c3ccccc3)CC1)C(N[S+](C)[O-])CC2. The lowest BCUT2D eigenvalue weighted by atomic mass is 9.83. The van der Waals surface area contributed by atoms with E-state index >= 15 is 0 Å². The summed E-state index contributed by atoms with van der Waals surface area (Å²) in [5.74, 6) is 2.46. The molecule has 6 nitrogen and oxygen atoms in total. The van der Waals surface area contributed by atoms with Gasteiger partial charge in [-0.25, -0.2) is 9.67 Å². The van der Waals surface area contributed by atoms with Gasteiger partial charge in [-0.2, -0.15) is 5.10 Å². The van der Waals surface area contributed by atoms with Crippen molar-refractivity contribution < 1.29 is 9.29 Å². The summed E-state index contributed by atoms with van der Waals surface area (Å²) in [6, 6.07) is 11.0. The minimum absolute atomic E-state index is 0.0423. The number of hydrogen-bond donors (Lipinski definition) is 1. The molecule has 0 amide bonds. The van der Waals surface area contributed by atoms with Gasteiger partial charge in [0.2, 0.25) is 0 Å². The van der Waals surface area contributed by atoms with E-state index in [1.165, 1.54) is 18.4 Å². The first-order valence-corrected chi connectivity index (χ1v) is 11.8. The molecule has 3 unspecified atom stereocenters. The van der Waals surface area contributed by atoms with Crippen LogP contribution in [0.3, 0.4) is 0 Å². The second-order valence-electron chi connectivity index (χ2n) is 8.02. The van der Waals surface area contributed by atoms with Crippen molar-refractivity contribution in [3.63, 3.8) is 0 Å². The van der Waals surface area contributed by atoms with Crippen LogP contribution in [-0.2, 0) is 22.5 Å². The topological polar surface area (TPSA) is 75.0 Å². The zero-order valence-corrected chi connectivity index (χ0v) is 17.5. The van der Waals surface area contributed by atoms with Gasteiger partial charge in [-0.05, 0) is 50.5 Å². The number of rotatable bonds is 6. The number of benzene rings is 1. The highest BCUT2D eigenvalue weighted by atomic mass is 32.2. The van der Waals surface area contributed by atoms with Crippen LogP contribution >= 0.6 is 0 Å². The number of fused-ring (bicyclic) bond motifs is 1. The van der Waals surface area contributed by atoms with Gasteiger partial charge in [-0.1, -0.05) is 30.3 Å². The predicted octanol–water partition coefficient (Wildman–Crippen LogP) is 3.07. The number of hydrogen-bond acceptors (Lipinski definition) is 5. The third-order valence-corrected chi connectivity index (χ3v) is 6.67. The molecule has 1 fully saturated rings. The van der Waals surface area contributed by atoms with Gasteiger partial charge in [0.15, 0.2) is 0 Å². The predicted molar refractivity (Wildman–Crippen MR) is 110 cm³/mol. The van der Waals surface area contributed by atoms with Crippen LogP contribution in [0.1, 0.15) is 61.3 Å². The smallest absolute Gasteiger partial charge is 0.147 e. The fourth-order valence-electron chi connectivity index (χ4n) is 4.62. The Morgan fingerprint density at radius 1 is 1.18 bits per heavy atom. The van der Waals surface area contributed by atoms with Gasteiger partial charge in [0, 0.05) is 17.8 Å². The van der Waals surface area contributed by atoms with E-state index in [4.69, 9.17) is 4.74 Å². The Bertz CT molecular complexity index is 759. The Morgan fingerprint density at radius 2 is 1.93 bits per heavy atom. The summed E-state index contributed by atoms with van der Waals surface area (Å²) in [7, 11) is 0. The van der Waals surface area contributed by atoms with Crippen LogP contribution in [0.2, 0.25) is 0 Å². The third kappa shape index (κ3) is 4.59. The summed E-state index contributed by atoms with van der Waals surface area (Å²) < 4.78 is 23.3. The lowest BCUT2D eigenvalue weighted by molar-refractivity contribution is -0.00351. The first-order valence-electron chi connectivity index (χ1n) is 10.3. The van der Waals surface area contributed by atoms with E-state index < -0.39 is 11.4 Å². The molecule has 1 aromatic carbocycles. The van der Waals surface area contributed by atoms with E-state index in [2.05, 4.69) is 45.1 Å². The van der Waals surface area contributed by atoms with Crippen molar-refractivity contribution in [3.05, 3.63) is 47.5 Å². The molecule has 2 aliphatic rings. The molecule has 152 valence electrons. The Morgan fingerprint density at radius 3 is 2.64 bits per heavy atom. The van der Waals surface area contributed by atoms with Crippen LogP contribution in [-0.4, -0.2) is 44.3 Å². The summed E-state index contributed by atoms with van der Waals surface area (Å²) in [6.45, 7) is 2.51. The molecule has 1 aliphatic heterocycles. The zero-order valence-electron chi connectivity index (χ0n) is 16.7. The van der Waals surface area contributed by atoms with E-state index in [0.29, 0.717) is 18.6 Å². The van der Waals surface area contributed by atoms with Crippen molar-refractivity contribution in [1.82, 2.24) is 19.5 Å². The monoisotopic (exact) mass is 402 g/mol. The third-order valence-electron chi connectivity index (χ3n) is 6.03. The minimum Gasteiger partial charge on any atom is -0.598 e. The first kappa shape index (κ1) is 19.9. The number of nitrogens with one attached hydrogen (secondary N) is 1. The van der Waals surface area contributed by atoms with Gasteiger partial charge >= 0.3 is 0 Å². The van der Waals surface area contributed by atoms with Gasteiger partial charge in [0.25, 0.3) is 0 Å². The number of ether oxygens (including phenoxy) is 1. The minimum atomic E-state index is -1.06. The Kier molecular flexibility index (Phi) is 6.35. The Labute approximate surface area is 170 Å². The lowest BCUT2D eigenvalue weighted by Crippen LogP contribution is -2.46. The highest BCUT2D eigenvalue weighted by molar-refractivity contribution is 7.88. The molecule has 1 saturated carbocycles. The fraction of sp³-hybridized carbons (Fsp3) is 0.619. The molecule has 1 N–H and O–H groups in total. The molecule has 7 heteroatoms. The van der Waals surface area contributed by atoms with E-state index in [1.807, 2.05) is 11.6 Å². The molecule has 0 spiro atoms. The average Bonchev–Trinajstić information content (AvgIpc) is 3.08. The second kappa shape index (κ2) is 8.95. The maximum absolute atomic E-state index is 11.8. The van der Waals surface area contributed by atoms with Gasteiger partial charge in [0.1, 0.15) is 17.9 Å². The molecule has 28 heavy (non-hydrogen) atoms. The average molecular weight is 403 g/mol. The standard InChI is InChI=1S/C21H30N4O2S/c1-15-22-21-13-12-19(24-28(2)26)20(25(21)23-15)14-27-18-10-8-17(9-11-18)16-6-4-3-5-7-16/h3-7,17-20,24H,8-14H2,1-2H3/t17-,18+,19?,20?,28?. The first-order chi connectivity index (χ1) is 13.6. The summed E-state index contributed by atoms with van der Waals surface area (Å²) in [6.07, 6.45) is 8.27. The number of nitrogens with zero attached hydrogens (tertiary/aromatic N) is 3. The summed E-state index contributed by atoms with van der Waals surface area (Å²) in [5.41, 5.74) is 1.45. The zero-order chi connectivity index (χ0) is 19.5. The van der Waals surface area contributed by atoms with Crippen molar-refractivity contribution >= 4 is 11.4 Å². The lowest BCUT2D eigenvalue weighted by Gasteiger charge is -2.34. The quantitative estimate of drug-likeness (QED) is 0.752. The van der Waals surface area contributed by atoms with Crippen LogP contribution in [0, 0.1) is 6.92 Å². The molecule has 1 aromatic heterocycles. The van der Waals surface area contributed by atoms with Crippen LogP contribution < -0.4 is 4.72 Å². The van der Waals surface area contributed by atoms with Crippen LogP contribution in [0.15, 0.2) is 30.3 Å². The molecule has 2 aromatic rings.